The van der Waals surface area contributed by atoms with Crippen molar-refractivity contribution in [2.45, 2.75) is 50.2 Å². The number of carbonyl (C=O) groups is 1. The average molecular weight is 236 g/mol. The van der Waals surface area contributed by atoms with Crippen molar-refractivity contribution in [2.75, 3.05) is 13.2 Å². The van der Waals surface area contributed by atoms with Gasteiger partial charge in [-0.25, -0.2) is 4.79 Å². The molecule has 0 spiro atoms. The van der Waals surface area contributed by atoms with Crippen molar-refractivity contribution >= 4 is 6.03 Å². The molecule has 2 amide bonds. The molecular formula is C13H20N2O2. The number of nitrogens with one attached hydrogen (secondary N) is 1. The molecule has 2 atom stereocenters. The van der Waals surface area contributed by atoms with Crippen molar-refractivity contribution in [1.29, 1.82) is 0 Å². The number of hydrogen-bond donors (Lipinski definition) is 1. The van der Waals surface area contributed by atoms with Crippen LogP contribution >= 0.6 is 0 Å². The second-order valence-corrected chi connectivity index (χ2v) is 5.21. The highest BCUT2D eigenvalue weighted by Crippen LogP contribution is 2.31. The van der Waals surface area contributed by atoms with Gasteiger partial charge in [0, 0.05) is 25.3 Å². The van der Waals surface area contributed by atoms with E-state index in [-0.39, 0.29) is 6.03 Å². The fraction of sp³-hybridized carbons (Fsp3) is 0.769. The van der Waals surface area contributed by atoms with Gasteiger partial charge in [-0.2, -0.15) is 0 Å². The van der Waals surface area contributed by atoms with Crippen LogP contribution in [0.2, 0.25) is 0 Å². The molecule has 0 aromatic rings. The topological polar surface area (TPSA) is 41.6 Å². The molecule has 94 valence electrons. The lowest BCUT2D eigenvalue weighted by Crippen LogP contribution is -2.51. The summed E-state index contributed by atoms with van der Waals surface area (Å²) in [5.41, 5.74) is 0. The Hall–Kier alpha value is -1.03. The van der Waals surface area contributed by atoms with Gasteiger partial charge in [-0.1, -0.05) is 12.2 Å². The second-order valence-electron chi connectivity index (χ2n) is 5.21. The van der Waals surface area contributed by atoms with Gasteiger partial charge in [0.15, 0.2) is 0 Å². The van der Waals surface area contributed by atoms with Gasteiger partial charge >= 0.3 is 6.03 Å². The van der Waals surface area contributed by atoms with Gasteiger partial charge in [0.2, 0.25) is 0 Å². The van der Waals surface area contributed by atoms with E-state index in [2.05, 4.69) is 22.4 Å². The Bertz CT molecular complexity index is 323. The van der Waals surface area contributed by atoms with E-state index in [0.29, 0.717) is 18.1 Å². The number of urea groups is 1. The smallest absolute Gasteiger partial charge is 0.318 e. The van der Waals surface area contributed by atoms with E-state index in [1.807, 2.05) is 0 Å². The van der Waals surface area contributed by atoms with E-state index < -0.39 is 0 Å². The van der Waals surface area contributed by atoms with Crippen molar-refractivity contribution in [2.24, 2.45) is 0 Å². The zero-order valence-corrected chi connectivity index (χ0v) is 10.1. The summed E-state index contributed by atoms with van der Waals surface area (Å²) in [5.74, 6) is 0. The molecular weight excluding hydrogens is 216 g/mol. The molecule has 3 aliphatic rings. The Morgan fingerprint density at radius 2 is 2.06 bits per heavy atom. The van der Waals surface area contributed by atoms with Crippen LogP contribution in [-0.4, -0.2) is 42.3 Å². The number of amides is 2. The Kier molecular flexibility index (Phi) is 3.05. The molecule has 3 rings (SSSR count). The van der Waals surface area contributed by atoms with Gasteiger partial charge in [0.05, 0.1) is 6.04 Å². The zero-order chi connectivity index (χ0) is 11.7. The van der Waals surface area contributed by atoms with Crippen LogP contribution in [0, 0.1) is 0 Å². The van der Waals surface area contributed by atoms with E-state index in [9.17, 15) is 4.79 Å². The molecule has 0 aliphatic carbocycles. The van der Waals surface area contributed by atoms with E-state index in [4.69, 9.17) is 4.74 Å². The third-order valence-electron chi connectivity index (χ3n) is 4.10. The number of rotatable bonds is 1. The van der Waals surface area contributed by atoms with Crippen LogP contribution in [0.15, 0.2) is 12.2 Å². The van der Waals surface area contributed by atoms with Gasteiger partial charge < -0.3 is 15.0 Å². The highest BCUT2D eigenvalue weighted by Gasteiger charge is 2.37. The first-order valence-corrected chi connectivity index (χ1v) is 6.68. The minimum absolute atomic E-state index is 0.133. The predicted molar refractivity (Wildman–Crippen MR) is 64.8 cm³/mol. The third-order valence-corrected chi connectivity index (χ3v) is 4.10. The molecule has 0 aromatic carbocycles. The van der Waals surface area contributed by atoms with Gasteiger partial charge in [0.25, 0.3) is 0 Å². The molecule has 2 fully saturated rings. The summed E-state index contributed by atoms with van der Waals surface area (Å²) in [4.78, 5) is 14.3. The predicted octanol–water partition coefficient (Wildman–Crippen LogP) is 1.67. The number of fused-ring (bicyclic) bond motifs is 2. The molecule has 4 nitrogen and oxygen atoms in total. The molecule has 4 heteroatoms. The van der Waals surface area contributed by atoms with Crippen LogP contribution < -0.4 is 5.32 Å². The fourth-order valence-electron chi connectivity index (χ4n) is 3.13. The van der Waals surface area contributed by atoms with Crippen LogP contribution in [0.3, 0.4) is 0 Å². The maximum atomic E-state index is 12.3. The number of nitrogens with zero attached hydrogens (tertiary/aromatic N) is 1. The molecule has 3 heterocycles. The lowest BCUT2D eigenvalue weighted by Gasteiger charge is -2.34. The summed E-state index contributed by atoms with van der Waals surface area (Å²) in [6.45, 7) is 1.55. The number of hydrogen-bond acceptors (Lipinski definition) is 2. The SMILES string of the molecule is O=C(NC1CCOCC1)N1C2C=CCC1CC2. The lowest BCUT2D eigenvalue weighted by atomic mass is 10.1. The minimum atomic E-state index is 0.133. The molecule has 2 bridgehead atoms. The average Bonchev–Trinajstić information content (AvgIpc) is 2.61. The molecule has 0 saturated carbocycles. The van der Waals surface area contributed by atoms with Gasteiger partial charge in [-0.15, -0.1) is 0 Å². The second kappa shape index (κ2) is 4.69. The normalized spacial score (nSPS) is 32.8. The Morgan fingerprint density at radius 3 is 2.82 bits per heavy atom. The standard InChI is InChI=1S/C13H20N2O2/c16-13(14-10-6-8-17-9-7-10)15-11-2-1-3-12(15)5-4-11/h1-2,10-12H,3-9H2,(H,14,16). The molecule has 2 saturated heterocycles. The molecule has 17 heavy (non-hydrogen) atoms. The number of carbonyl (C=O) groups excluding carboxylic acids is 1. The van der Waals surface area contributed by atoms with E-state index in [1.54, 1.807) is 0 Å². The highest BCUT2D eigenvalue weighted by molar-refractivity contribution is 5.76. The maximum Gasteiger partial charge on any atom is 0.318 e. The minimum Gasteiger partial charge on any atom is -0.381 e. The van der Waals surface area contributed by atoms with Gasteiger partial charge in [0.1, 0.15) is 0 Å². The Labute approximate surface area is 102 Å². The summed E-state index contributed by atoms with van der Waals surface area (Å²) in [5, 5.41) is 3.16. The first-order valence-electron chi connectivity index (χ1n) is 6.68. The molecule has 2 unspecified atom stereocenters. The summed E-state index contributed by atoms with van der Waals surface area (Å²) in [6, 6.07) is 1.22. The van der Waals surface area contributed by atoms with E-state index in [1.165, 1.54) is 0 Å². The Balaban J connectivity index is 1.60. The van der Waals surface area contributed by atoms with Crippen molar-refractivity contribution in [3.05, 3.63) is 12.2 Å². The molecule has 3 aliphatic heterocycles. The monoisotopic (exact) mass is 236 g/mol. The largest absolute Gasteiger partial charge is 0.381 e. The number of ether oxygens (including phenoxy) is 1. The van der Waals surface area contributed by atoms with Crippen LogP contribution in [0.1, 0.15) is 32.1 Å². The van der Waals surface area contributed by atoms with Crippen molar-refractivity contribution in [3.63, 3.8) is 0 Å². The summed E-state index contributed by atoms with van der Waals surface area (Å²) < 4.78 is 5.31. The lowest BCUT2D eigenvalue weighted by molar-refractivity contribution is 0.0771. The van der Waals surface area contributed by atoms with Crippen LogP contribution in [-0.2, 0) is 4.74 Å². The molecule has 0 radical (unpaired) electrons. The van der Waals surface area contributed by atoms with Crippen molar-refractivity contribution < 1.29 is 9.53 Å². The third kappa shape index (κ3) is 2.18. The van der Waals surface area contributed by atoms with Crippen molar-refractivity contribution in [1.82, 2.24) is 10.2 Å². The maximum absolute atomic E-state index is 12.3. The first kappa shape index (κ1) is 11.1. The van der Waals surface area contributed by atoms with Gasteiger partial charge in [-0.3, -0.25) is 0 Å². The van der Waals surface area contributed by atoms with Crippen LogP contribution in [0.25, 0.3) is 0 Å². The van der Waals surface area contributed by atoms with Crippen LogP contribution in [0.5, 0.6) is 0 Å². The zero-order valence-electron chi connectivity index (χ0n) is 10.1. The summed E-state index contributed by atoms with van der Waals surface area (Å²) >= 11 is 0. The van der Waals surface area contributed by atoms with Crippen LogP contribution in [0.4, 0.5) is 4.79 Å². The quantitative estimate of drug-likeness (QED) is 0.704. The van der Waals surface area contributed by atoms with Gasteiger partial charge in [-0.05, 0) is 32.1 Å². The summed E-state index contributed by atoms with van der Waals surface area (Å²) in [6.07, 6.45) is 9.61. The molecule has 1 N–H and O–H groups in total. The highest BCUT2D eigenvalue weighted by atomic mass is 16.5. The fourth-order valence-corrected chi connectivity index (χ4v) is 3.13. The molecule has 0 aromatic heterocycles. The first-order chi connectivity index (χ1) is 8.34. The van der Waals surface area contributed by atoms with E-state index >= 15 is 0 Å². The Morgan fingerprint density at radius 1 is 1.24 bits per heavy atom. The van der Waals surface area contributed by atoms with E-state index in [0.717, 1.165) is 45.3 Å². The van der Waals surface area contributed by atoms with Crippen molar-refractivity contribution in [3.8, 4) is 0 Å². The summed E-state index contributed by atoms with van der Waals surface area (Å²) in [7, 11) is 0.